The minimum Gasteiger partial charge on any atom is -0.477 e. The Kier molecular flexibility index (Phi) is 2.34. The molecular formula is C9H7N3O2S. The molecule has 0 amide bonds. The highest BCUT2D eigenvalue weighted by Crippen LogP contribution is 2.27. The predicted octanol–water partition coefficient (Wildman–Crippen LogP) is 1.49. The molecule has 3 N–H and O–H groups in total. The largest absolute Gasteiger partial charge is 0.477 e. The molecule has 2 heterocycles. The van der Waals surface area contributed by atoms with Crippen molar-refractivity contribution in [1.82, 2.24) is 9.97 Å². The van der Waals surface area contributed by atoms with Crippen molar-refractivity contribution in [3.63, 3.8) is 0 Å². The monoisotopic (exact) mass is 221 g/mol. The van der Waals surface area contributed by atoms with Gasteiger partial charge in [0.2, 0.25) is 0 Å². The topological polar surface area (TPSA) is 89.1 Å². The molecular weight excluding hydrogens is 214 g/mol. The van der Waals surface area contributed by atoms with E-state index in [2.05, 4.69) is 9.97 Å². The van der Waals surface area contributed by atoms with E-state index < -0.39 is 5.97 Å². The number of aromatic carboxylic acids is 1. The van der Waals surface area contributed by atoms with E-state index in [1.807, 2.05) is 0 Å². The number of pyridine rings is 1. The van der Waals surface area contributed by atoms with Crippen LogP contribution in [0.25, 0.3) is 11.4 Å². The van der Waals surface area contributed by atoms with E-state index in [0.717, 1.165) is 11.3 Å². The summed E-state index contributed by atoms with van der Waals surface area (Å²) >= 11 is 0.944. The van der Waals surface area contributed by atoms with Gasteiger partial charge < -0.3 is 10.8 Å². The van der Waals surface area contributed by atoms with Crippen LogP contribution in [0.5, 0.6) is 0 Å². The zero-order valence-corrected chi connectivity index (χ0v) is 8.36. The third-order valence-corrected chi connectivity index (χ3v) is 2.62. The summed E-state index contributed by atoms with van der Waals surface area (Å²) in [5.41, 5.74) is 6.31. The van der Waals surface area contributed by atoms with E-state index in [9.17, 15) is 4.79 Å². The Bertz CT molecular complexity index is 495. The van der Waals surface area contributed by atoms with Crippen molar-refractivity contribution in [2.75, 3.05) is 5.73 Å². The van der Waals surface area contributed by atoms with Gasteiger partial charge in [-0.1, -0.05) is 17.4 Å². The van der Waals surface area contributed by atoms with Gasteiger partial charge in [0.25, 0.3) is 0 Å². The summed E-state index contributed by atoms with van der Waals surface area (Å²) in [4.78, 5) is 19.0. The number of carboxylic acids is 1. The van der Waals surface area contributed by atoms with E-state index >= 15 is 0 Å². The minimum atomic E-state index is -1.04. The normalized spacial score (nSPS) is 10.1. The predicted molar refractivity (Wildman–Crippen MR) is 56.7 cm³/mol. The van der Waals surface area contributed by atoms with Gasteiger partial charge in [-0.3, -0.25) is 4.98 Å². The summed E-state index contributed by atoms with van der Waals surface area (Å²) in [5.74, 6) is -1.04. The van der Waals surface area contributed by atoms with Gasteiger partial charge in [-0.25, -0.2) is 9.78 Å². The lowest BCUT2D eigenvalue weighted by atomic mass is 10.2. The number of thiazole rings is 1. The molecule has 6 heteroatoms. The highest BCUT2D eigenvalue weighted by Gasteiger charge is 2.18. The zero-order valence-electron chi connectivity index (χ0n) is 7.54. The summed E-state index contributed by atoms with van der Waals surface area (Å²) in [5, 5.41) is 9.16. The number of nitrogens with zero attached hydrogens (tertiary/aromatic N) is 2. The van der Waals surface area contributed by atoms with Crippen molar-refractivity contribution in [2.45, 2.75) is 0 Å². The lowest BCUT2D eigenvalue weighted by Crippen LogP contribution is -1.96. The number of rotatable bonds is 2. The summed E-state index contributed by atoms with van der Waals surface area (Å²) in [6, 6.07) is 5.21. The Morgan fingerprint density at radius 3 is 2.87 bits per heavy atom. The van der Waals surface area contributed by atoms with Crippen LogP contribution in [0, 0.1) is 0 Å². The molecule has 0 bridgehead atoms. The van der Waals surface area contributed by atoms with E-state index in [1.165, 1.54) is 0 Å². The number of anilines is 1. The molecule has 0 aliphatic heterocycles. The van der Waals surface area contributed by atoms with Crippen molar-refractivity contribution >= 4 is 22.4 Å². The van der Waals surface area contributed by atoms with E-state index in [1.54, 1.807) is 24.4 Å². The van der Waals surface area contributed by atoms with E-state index in [0.29, 0.717) is 11.4 Å². The third kappa shape index (κ3) is 1.79. The summed E-state index contributed by atoms with van der Waals surface area (Å²) in [6.07, 6.45) is 1.58. The number of nitrogen functional groups attached to an aromatic ring is 1. The number of carbonyl (C=O) groups is 1. The van der Waals surface area contributed by atoms with Crippen LogP contribution in [0.2, 0.25) is 0 Å². The Morgan fingerprint density at radius 2 is 2.27 bits per heavy atom. The maximum absolute atomic E-state index is 10.9. The number of nitrogens with two attached hydrogens (primary N) is 1. The number of hydrogen-bond acceptors (Lipinski definition) is 5. The second-order valence-electron chi connectivity index (χ2n) is 2.75. The fourth-order valence-electron chi connectivity index (χ4n) is 1.16. The molecule has 2 aromatic rings. The molecule has 2 aromatic heterocycles. The van der Waals surface area contributed by atoms with Crippen molar-refractivity contribution in [3.05, 3.63) is 29.3 Å². The third-order valence-electron chi connectivity index (χ3n) is 1.75. The molecule has 76 valence electrons. The molecule has 5 nitrogen and oxygen atoms in total. The van der Waals surface area contributed by atoms with E-state index in [4.69, 9.17) is 10.8 Å². The minimum absolute atomic E-state index is 0.117. The van der Waals surface area contributed by atoms with Gasteiger partial charge in [0.15, 0.2) is 5.13 Å². The first kappa shape index (κ1) is 9.60. The molecule has 0 aliphatic carbocycles. The van der Waals surface area contributed by atoms with Gasteiger partial charge in [-0.05, 0) is 12.1 Å². The average Bonchev–Trinajstić information content (AvgIpc) is 2.62. The van der Waals surface area contributed by atoms with Crippen molar-refractivity contribution in [2.24, 2.45) is 0 Å². The molecule has 0 fully saturated rings. The quantitative estimate of drug-likeness (QED) is 0.801. The molecule has 0 spiro atoms. The van der Waals surface area contributed by atoms with E-state index in [-0.39, 0.29) is 10.0 Å². The molecule has 2 rings (SSSR count). The van der Waals surface area contributed by atoms with Crippen molar-refractivity contribution in [1.29, 1.82) is 0 Å². The first-order valence-electron chi connectivity index (χ1n) is 4.09. The van der Waals surface area contributed by atoms with Gasteiger partial charge in [-0.15, -0.1) is 0 Å². The molecule has 0 aromatic carbocycles. The van der Waals surface area contributed by atoms with Crippen LogP contribution in [-0.2, 0) is 0 Å². The van der Waals surface area contributed by atoms with Crippen molar-refractivity contribution in [3.8, 4) is 11.4 Å². The molecule has 0 aliphatic rings. The van der Waals surface area contributed by atoms with Crippen LogP contribution < -0.4 is 5.73 Å². The highest BCUT2D eigenvalue weighted by molar-refractivity contribution is 7.17. The van der Waals surface area contributed by atoms with Gasteiger partial charge in [0, 0.05) is 6.20 Å². The Morgan fingerprint density at radius 1 is 1.47 bits per heavy atom. The van der Waals surface area contributed by atoms with Crippen LogP contribution in [0.1, 0.15) is 9.67 Å². The molecule has 0 atom stereocenters. The Labute approximate surface area is 89.2 Å². The maximum Gasteiger partial charge on any atom is 0.348 e. The lowest BCUT2D eigenvalue weighted by Gasteiger charge is -1.95. The first-order chi connectivity index (χ1) is 7.18. The standard InChI is InChI=1S/C9H7N3O2S/c10-9-12-6(7(15-9)8(13)14)5-3-1-2-4-11-5/h1-4H,(H2,10,12)(H,13,14). The summed E-state index contributed by atoms with van der Waals surface area (Å²) in [6.45, 7) is 0. The van der Waals surface area contributed by atoms with Crippen LogP contribution in [0.3, 0.4) is 0 Å². The molecule has 0 saturated heterocycles. The second-order valence-corrected chi connectivity index (χ2v) is 3.78. The summed E-state index contributed by atoms with van der Waals surface area (Å²) in [7, 11) is 0. The Balaban J connectivity index is 2.58. The fourth-order valence-corrected chi connectivity index (χ4v) is 1.84. The molecule has 0 radical (unpaired) electrons. The van der Waals surface area contributed by atoms with Crippen LogP contribution in [-0.4, -0.2) is 21.0 Å². The van der Waals surface area contributed by atoms with Crippen LogP contribution in [0.4, 0.5) is 5.13 Å². The Hall–Kier alpha value is -1.95. The summed E-state index contributed by atoms with van der Waals surface area (Å²) < 4.78 is 0. The zero-order chi connectivity index (χ0) is 10.8. The number of carboxylic acid groups (broad SMARTS) is 1. The van der Waals surface area contributed by atoms with Gasteiger partial charge in [0.05, 0.1) is 5.69 Å². The van der Waals surface area contributed by atoms with Crippen LogP contribution >= 0.6 is 11.3 Å². The van der Waals surface area contributed by atoms with Gasteiger partial charge >= 0.3 is 5.97 Å². The lowest BCUT2D eigenvalue weighted by molar-refractivity contribution is 0.0702. The van der Waals surface area contributed by atoms with Gasteiger partial charge in [-0.2, -0.15) is 0 Å². The number of hydrogen-bond donors (Lipinski definition) is 2. The highest BCUT2D eigenvalue weighted by atomic mass is 32.1. The van der Waals surface area contributed by atoms with Crippen LogP contribution in [0.15, 0.2) is 24.4 Å². The SMILES string of the molecule is Nc1nc(-c2ccccn2)c(C(=O)O)s1. The molecule has 0 unspecified atom stereocenters. The van der Waals surface area contributed by atoms with Gasteiger partial charge in [0.1, 0.15) is 10.6 Å². The fraction of sp³-hybridized carbons (Fsp3) is 0. The first-order valence-corrected chi connectivity index (χ1v) is 4.91. The maximum atomic E-state index is 10.9. The molecule has 0 saturated carbocycles. The van der Waals surface area contributed by atoms with Crippen molar-refractivity contribution < 1.29 is 9.90 Å². The average molecular weight is 221 g/mol. The number of aromatic nitrogens is 2. The molecule has 15 heavy (non-hydrogen) atoms. The second kappa shape index (κ2) is 3.66. The smallest absolute Gasteiger partial charge is 0.348 e.